The van der Waals surface area contributed by atoms with E-state index in [-0.39, 0.29) is 29.4 Å². The Morgan fingerprint density at radius 2 is 1.96 bits per heavy atom. The fraction of sp³-hybridized carbons (Fsp3) is 0.353. The molecule has 1 aromatic heterocycles. The molecule has 2 atom stereocenters. The summed E-state index contributed by atoms with van der Waals surface area (Å²) in [5.74, 6) is -1.80. The molecular weight excluding hydrogens is 375 g/mol. The molecule has 1 aliphatic rings. The zero-order valence-electron chi connectivity index (χ0n) is 14.5. The first-order valence-electron chi connectivity index (χ1n) is 8.39. The molecule has 2 heterocycles. The topological polar surface area (TPSA) is 121 Å². The normalized spacial score (nSPS) is 21.0. The lowest BCUT2D eigenvalue weighted by atomic mass is 10.1. The molecule has 0 radical (unpaired) electrons. The second-order valence-corrected chi connectivity index (χ2v) is 8.51. The number of aromatic nitrogens is 2. The standard InChI is InChI=1S/C17H19FN4O4S/c1-2-15(23)20-13-8-27(25,26)9-14(13)21-17(24)12-7-19-22-16(12)10-4-3-5-11(18)6-10/h3-7,13-14H,2,8-9H2,1H3,(H,19,22)(H,20,23)(H,21,24)/t13-,14+/m0/s1. The summed E-state index contributed by atoms with van der Waals surface area (Å²) in [4.78, 5) is 24.3. The van der Waals surface area contributed by atoms with Gasteiger partial charge in [-0.25, -0.2) is 12.8 Å². The number of hydrogen-bond donors (Lipinski definition) is 3. The van der Waals surface area contributed by atoms with Crippen molar-refractivity contribution in [2.45, 2.75) is 25.4 Å². The van der Waals surface area contributed by atoms with E-state index in [1.807, 2.05) is 0 Å². The first kappa shape index (κ1) is 19.0. The van der Waals surface area contributed by atoms with Crippen molar-refractivity contribution >= 4 is 21.7 Å². The van der Waals surface area contributed by atoms with Crippen molar-refractivity contribution in [3.8, 4) is 11.3 Å². The van der Waals surface area contributed by atoms with Gasteiger partial charge < -0.3 is 10.6 Å². The summed E-state index contributed by atoms with van der Waals surface area (Å²) in [5.41, 5.74) is 0.917. The lowest BCUT2D eigenvalue weighted by Crippen LogP contribution is -2.50. The highest BCUT2D eigenvalue weighted by Crippen LogP contribution is 2.22. The average Bonchev–Trinajstić information content (AvgIpc) is 3.19. The predicted molar refractivity (Wildman–Crippen MR) is 96.1 cm³/mol. The summed E-state index contributed by atoms with van der Waals surface area (Å²) in [6.45, 7) is 1.66. The Bertz CT molecular complexity index is 973. The molecule has 8 nitrogen and oxygen atoms in total. The Balaban J connectivity index is 1.81. The number of hydrogen-bond acceptors (Lipinski definition) is 5. The Morgan fingerprint density at radius 3 is 2.63 bits per heavy atom. The van der Waals surface area contributed by atoms with Gasteiger partial charge >= 0.3 is 0 Å². The Hall–Kier alpha value is -2.75. The molecule has 1 fully saturated rings. The van der Waals surface area contributed by atoms with Gasteiger partial charge in [0.25, 0.3) is 5.91 Å². The van der Waals surface area contributed by atoms with Crippen LogP contribution in [0.1, 0.15) is 23.7 Å². The van der Waals surface area contributed by atoms with Crippen LogP contribution in [0.3, 0.4) is 0 Å². The van der Waals surface area contributed by atoms with Crippen LogP contribution in [0.2, 0.25) is 0 Å². The molecule has 0 spiro atoms. The van der Waals surface area contributed by atoms with Gasteiger partial charge in [-0.05, 0) is 12.1 Å². The third-order valence-electron chi connectivity index (χ3n) is 4.33. The number of nitrogens with one attached hydrogen (secondary N) is 3. The number of rotatable bonds is 5. The van der Waals surface area contributed by atoms with Crippen LogP contribution in [0, 0.1) is 5.82 Å². The van der Waals surface area contributed by atoms with Crippen molar-refractivity contribution in [2.24, 2.45) is 0 Å². The van der Waals surface area contributed by atoms with Crippen molar-refractivity contribution in [3.05, 3.63) is 41.8 Å². The molecule has 0 bridgehead atoms. The van der Waals surface area contributed by atoms with Crippen molar-refractivity contribution in [1.29, 1.82) is 0 Å². The van der Waals surface area contributed by atoms with Crippen molar-refractivity contribution in [3.63, 3.8) is 0 Å². The highest BCUT2D eigenvalue weighted by molar-refractivity contribution is 7.91. The maximum atomic E-state index is 13.5. The Labute approximate surface area is 155 Å². The minimum Gasteiger partial charge on any atom is -0.350 e. The van der Waals surface area contributed by atoms with E-state index < -0.39 is 33.6 Å². The monoisotopic (exact) mass is 394 g/mol. The second-order valence-electron chi connectivity index (χ2n) is 6.35. The highest BCUT2D eigenvalue weighted by atomic mass is 32.2. The van der Waals surface area contributed by atoms with Gasteiger partial charge in [0.05, 0.1) is 41.0 Å². The van der Waals surface area contributed by atoms with Crippen LogP contribution in [0.15, 0.2) is 30.5 Å². The van der Waals surface area contributed by atoms with Crippen LogP contribution in [0.5, 0.6) is 0 Å². The molecule has 144 valence electrons. The van der Waals surface area contributed by atoms with Crippen LogP contribution in [0.4, 0.5) is 4.39 Å². The molecule has 3 rings (SSSR count). The molecule has 1 saturated heterocycles. The molecule has 10 heteroatoms. The van der Waals surface area contributed by atoms with Gasteiger partial charge in [-0.3, -0.25) is 14.7 Å². The summed E-state index contributed by atoms with van der Waals surface area (Å²) in [6, 6.07) is 4.22. The first-order valence-corrected chi connectivity index (χ1v) is 10.2. The van der Waals surface area contributed by atoms with E-state index in [0.29, 0.717) is 11.3 Å². The van der Waals surface area contributed by atoms with E-state index in [9.17, 15) is 22.4 Å². The van der Waals surface area contributed by atoms with Crippen LogP contribution >= 0.6 is 0 Å². The zero-order valence-corrected chi connectivity index (χ0v) is 15.3. The molecule has 27 heavy (non-hydrogen) atoms. The van der Waals surface area contributed by atoms with Crippen LogP contribution in [-0.4, -0.2) is 54.0 Å². The number of carbonyl (C=O) groups excluding carboxylic acids is 2. The van der Waals surface area contributed by atoms with Gasteiger partial charge in [0.1, 0.15) is 5.82 Å². The van der Waals surface area contributed by atoms with Crippen molar-refractivity contribution in [2.75, 3.05) is 11.5 Å². The van der Waals surface area contributed by atoms with Gasteiger partial charge in [0.2, 0.25) is 5.91 Å². The maximum Gasteiger partial charge on any atom is 0.255 e. The van der Waals surface area contributed by atoms with Crippen molar-refractivity contribution in [1.82, 2.24) is 20.8 Å². The summed E-state index contributed by atoms with van der Waals surface area (Å²) in [7, 11) is -3.38. The SMILES string of the molecule is CCC(=O)N[C@H]1CS(=O)(=O)C[C@H]1NC(=O)c1cn[nH]c1-c1cccc(F)c1. The van der Waals surface area contributed by atoms with E-state index in [1.54, 1.807) is 13.0 Å². The van der Waals surface area contributed by atoms with Crippen LogP contribution in [-0.2, 0) is 14.6 Å². The molecular formula is C17H19FN4O4S. The maximum absolute atomic E-state index is 13.5. The van der Waals surface area contributed by atoms with E-state index in [4.69, 9.17) is 0 Å². The quantitative estimate of drug-likeness (QED) is 0.687. The first-order chi connectivity index (χ1) is 12.8. The second kappa shape index (κ2) is 7.47. The fourth-order valence-corrected chi connectivity index (χ4v) is 4.87. The number of sulfone groups is 1. The van der Waals surface area contributed by atoms with Crippen molar-refractivity contribution < 1.29 is 22.4 Å². The molecule has 0 saturated carbocycles. The Kier molecular flexibility index (Phi) is 5.26. The number of amides is 2. The third-order valence-corrected chi connectivity index (χ3v) is 6.07. The van der Waals surface area contributed by atoms with E-state index in [2.05, 4.69) is 20.8 Å². The van der Waals surface area contributed by atoms with E-state index >= 15 is 0 Å². The molecule has 1 aromatic carbocycles. The number of nitrogens with zero attached hydrogens (tertiary/aromatic N) is 1. The minimum atomic E-state index is -3.38. The summed E-state index contributed by atoms with van der Waals surface area (Å²) in [5, 5.41) is 11.8. The van der Waals surface area contributed by atoms with Gasteiger partial charge in [-0.15, -0.1) is 0 Å². The van der Waals surface area contributed by atoms with Crippen LogP contribution < -0.4 is 10.6 Å². The predicted octanol–water partition coefficient (Wildman–Crippen LogP) is 0.637. The molecule has 2 amide bonds. The average molecular weight is 394 g/mol. The highest BCUT2D eigenvalue weighted by Gasteiger charge is 2.39. The third kappa shape index (κ3) is 4.33. The smallest absolute Gasteiger partial charge is 0.255 e. The number of carbonyl (C=O) groups is 2. The molecule has 0 unspecified atom stereocenters. The minimum absolute atomic E-state index is 0.158. The zero-order chi connectivity index (χ0) is 19.6. The lowest BCUT2D eigenvalue weighted by molar-refractivity contribution is -0.121. The van der Waals surface area contributed by atoms with Crippen LogP contribution in [0.25, 0.3) is 11.3 Å². The largest absolute Gasteiger partial charge is 0.350 e. The van der Waals surface area contributed by atoms with E-state index in [0.717, 1.165) is 0 Å². The van der Waals surface area contributed by atoms with Gasteiger partial charge in [0.15, 0.2) is 9.84 Å². The lowest BCUT2D eigenvalue weighted by Gasteiger charge is -2.20. The molecule has 3 N–H and O–H groups in total. The number of halogens is 1. The Morgan fingerprint density at radius 1 is 1.26 bits per heavy atom. The van der Waals surface area contributed by atoms with Gasteiger partial charge in [-0.2, -0.15) is 5.10 Å². The van der Waals surface area contributed by atoms with Gasteiger partial charge in [0, 0.05) is 12.0 Å². The molecule has 1 aliphatic heterocycles. The summed E-state index contributed by atoms with van der Waals surface area (Å²) >= 11 is 0. The summed E-state index contributed by atoms with van der Waals surface area (Å²) in [6.07, 6.45) is 1.50. The fourth-order valence-electron chi connectivity index (χ4n) is 3.01. The molecule has 0 aliphatic carbocycles. The molecule has 2 aromatic rings. The number of benzene rings is 1. The van der Waals surface area contributed by atoms with Gasteiger partial charge in [-0.1, -0.05) is 19.1 Å². The number of H-pyrrole nitrogens is 1. The summed E-state index contributed by atoms with van der Waals surface area (Å²) < 4.78 is 37.4. The number of aromatic amines is 1. The van der Waals surface area contributed by atoms with E-state index in [1.165, 1.54) is 24.4 Å².